The number of piperazine rings is 1. The van der Waals surface area contributed by atoms with Gasteiger partial charge in [0.2, 0.25) is 5.91 Å². The Hall–Kier alpha value is -2.70. The maximum Gasteiger partial charge on any atom is 0.434 e. The van der Waals surface area contributed by atoms with Crippen LogP contribution >= 0.6 is 0 Å². The molecule has 0 unspecified atom stereocenters. The molecule has 3 heterocycles. The molecule has 0 aromatic heterocycles. The second kappa shape index (κ2) is 9.88. The molecule has 0 N–H and O–H groups in total. The summed E-state index contributed by atoms with van der Waals surface area (Å²) in [5, 5.41) is 0. The third kappa shape index (κ3) is 6.07. The molecular weight excluding hydrogens is 506 g/mol. The summed E-state index contributed by atoms with van der Waals surface area (Å²) in [5.41, 5.74) is 3.33. The Morgan fingerprint density at radius 1 is 0.946 bits per heavy atom. The van der Waals surface area contributed by atoms with Gasteiger partial charge in [-0.3, -0.25) is 9.69 Å². The van der Waals surface area contributed by atoms with Crippen molar-refractivity contribution in [3.8, 4) is 0 Å². The van der Waals surface area contributed by atoms with E-state index in [-0.39, 0.29) is 37.5 Å². The number of hydrogen-bond acceptors (Lipinski definition) is 5. The third-order valence-corrected chi connectivity index (χ3v) is 7.36. The average Bonchev–Trinajstić information content (AvgIpc) is 3.22. The molecule has 3 aliphatic rings. The fourth-order valence-electron chi connectivity index (χ4n) is 5.31. The van der Waals surface area contributed by atoms with Crippen LogP contribution in [0.1, 0.15) is 24.5 Å². The highest BCUT2D eigenvalue weighted by atomic mass is 19.4. The van der Waals surface area contributed by atoms with Crippen molar-refractivity contribution in [3.05, 3.63) is 29.3 Å². The number of ether oxygens (including phenoxy) is 1. The van der Waals surface area contributed by atoms with Crippen molar-refractivity contribution in [2.75, 3.05) is 57.3 Å². The summed E-state index contributed by atoms with van der Waals surface area (Å²) in [6.45, 7) is 7.77. The van der Waals surface area contributed by atoms with Gasteiger partial charge in [0.25, 0.3) is 6.10 Å². The molecule has 7 nitrogen and oxygen atoms in total. The summed E-state index contributed by atoms with van der Waals surface area (Å²) < 4.78 is 80.2. The lowest BCUT2D eigenvalue weighted by molar-refractivity contribution is -0.308. The summed E-state index contributed by atoms with van der Waals surface area (Å²) >= 11 is 0. The number of benzene rings is 1. The van der Waals surface area contributed by atoms with E-state index in [9.17, 15) is 35.9 Å². The highest BCUT2D eigenvalue weighted by Crippen LogP contribution is 2.42. The maximum atomic E-state index is 12.7. The smallest absolute Gasteiger partial charge is 0.426 e. The molecule has 4 rings (SSSR count). The Labute approximate surface area is 210 Å². The van der Waals surface area contributed by atoms with Crippen molar-refractivity contribution in [2.45, 2.75) is 45.3 Å². The third-order valence-electron chi connectivity index (χ3n) is 7.36. The maximum absolute atomic E-state index is 12.7. The fourth-order valence-corrected chi connectivity index (χ4v) is 5.31. The molecule has 3 fully saturated rings. The number of rotatable bonds is 4. The van der Waals surface area contributed by atoms with Crippen LogP contribution in [0.15, 0.2) is 18.2 Å². The lowest BCUT2D eigenvalue weighted by atomic mass is 9.79. The fraction of sp³-hybridized carbons (Fsp3) is 0.667. The van der Waals surface area contributed by atoms with E-state index < -0.39 is 24.5 Å². The molecule has 0 bridgehead atoms. The van der Waals surface area contributed by atoms with Crippen LogP contribution in [0.3, 0.4) is 0 Å². The van der Waals surface area contributed by atoms with Crippen LogP contribution in [0, 0.1) is 12.3 Å². The highest BCUT2D eigenvalue weighted by Gasteiger charge is 2.60. The quantitative estimate of drug-likeness (QED) is 0.549. The second-order valence-corrected chi connectivity index (χ2v) is 10.3. The molecule has 2 amide bonds. The molecule has 0 radical (unpaired) electrons. The van der Waals surface area contributed by atoms with Gasteiger partial charge in [-0.15, -0.1) is 0 Å². The molecule has 37 heavy (non-hydrogen) atoms. The van der Waals surface area contributed by atoms with Crippen LogP contribution in [0.2, 0.25) is 0 Å². The van der Waals surface area contributed by atoms with Gasteiger partial charge in [0, 0.05) is 76.9 Å². The van der Waals surface area contributed by atoms with E-state index in [4.69, 9.17) is 0 Å². The number of alkyl halides is 6. The van der Waals surface area contributed by atoms with Crippen LogP contribution in [0.5, 0.6) is 0 Å². The van der Waals surface area contributed by atoms with Crippen molar-refractivity contribution in [1.82, 2.24) is 14.7 Å². The van der Waals surface area contributed by atoms with Gasteiger partial charge in [-0.05, 0) is 30.5 Å². The number of hydrogen-bond donors (Lipinski definition) is 0. The van der Waals surface area contributed by atoms with Gasteiger partial charge in [0.05, 0.1) is 0 Å². The molecule has 0 aliphatic carbocycles. The van der Waals surface area contributed by atoms with Crippen LogP contribution in [-0.2, 0) is 16.1 Å². The van der Waals surface area contributed by atoms with Crippen molar-refractivity contribution in [2.24, 2.45) is 5.41 Å². The Balaban J connectivity index is 1.35. The Morgan fingerprint density at radius 2 is 1.57 bits per heavy atom. The predicted molar refractivity (Wildman–Crippen MR) is 122 cm³/mol. The largest absolute Gasteiger partial charge is 0.434 e. The van der Waals surface area contributed by atoms with Crippen LogP contribution < -0.4 is 4.90 Å². The zero-order chi connectivity index (χ0) is 27.2. The number of carbonyl (C=O) groups is 2. The predicted octanol–water partition coefficient (Wildman–Crippen LogP) is 3.80. The molecule has 206 valence electrons. The van der Waals surface area contributed by atoms with Crippen molar-refractivity contribution < 1.29 is 40.7 Å². The van der Waals surface area contributed by atoms with Gasteiger partial charge < -0.3 is 19.4 Å². The first-order valence-corrected chi connectivity index (χ1v) is 12.1. The van der Waals surface area contributed by atoms with Crippen molar-refractivity contribution in [1.29, 1.82) is 0 Å². The molecular formula is C24H30F6N4O3. The molecule has 0 saturated carbocycles. The number of nitrogens with zero attached hydrogens (tertiary/aromatic N) is 4. The van der Waals surface area contributed by atoms with Gasteiger partial charge in [0.1, 0.15) is 0 Å². The molecule has 3 saturated heterocycles. The first-order chi connectivity index (χ1) is 17.2. The summed E-state index contributed by atoms with van der Waals surface area (Å²) in [6.07, 6.45) is -16.3. The molecule has 13 heteroatoms. The van der Waals surface area contributed by atoms with E-state index in [0.717, 1.165) is 54.3 Å². The summed E-state index contributed by atoms with van der Waals surface area (Å²) in [5.74, 6) is 0.0793. The first-order valence-electron chi connectivity index (χ1n) is 12.1. The monoisotopic (exact) mass is 536 g/mol. The van der Waals surface area contributed by atoms with Crippen molar-refractivity contribution >= 4 is 17.7 Å². The zero-order valence-electron chi connectivity index (χ0n) is 20.7. The average molecular weight is 537 g/mol. The topological polar surface area (TPSA) is 56.3 Å². The Morgan fingerprint density at radius 3 is 2.14 bits per heavy atom. The lowest BCUT2D eigenvalue weighted by Gasteiger charge is -2.47. The number of likely N-dealkylation sites (tertiary alicyclic amines) is 1. The Kier molecular flexibility index (Phi) is 7.30. The van der Waals surface area contributed by atoms with E-state index in [1.807, 2.05) is 28.9 Å². The van der Waals surface area contributed by atoms with Crippen LogP contribution in [0.4, 0.5) is 36.8 Å². The second-order valence-electron chi connectivity index (χ2n) is 10.3. The normalized spacial score (nSPS) is 20.5. The molecule has 0 atom stereocenters. The van der Waals surface area contributed by atoms with Gasteiger partial charge in [-0.1, -0.05) is 12.1 Å². The molecule has 1 spiro atoms. The standard InChI is InChI=1S/C24H30F6N4O3/c1-16-3-4-18(19(11-16)33-6-5-22(13-33)14-34(15-22)17(2)35)12-31-7-9-32(10-8-31)21(36)37-20(23(25,26)27)24(28,29)30/h3-4,11,20H,5-10,12-15H2,1-2H3. The minimum Gasteiger partial charge on any atom is -0.426 e. The van der Waals surface area contributed by atoms with E-state index in [1.165, 1.54) is 0 Å². The first kappa shape index (κ1) is 27.3. The highest BCUT2D eigenvalue weighted by molar-refractivity contribution is 5.74. The van der Waals surface area contributed by atoms with E-state index in [1.54, 1.807) is 6.92 Å². The summed E-state index contributed by atoms with van der Waals surface area (Å²) in [4.78, 5) is 30.7. The minimum absolute atomic E-state index is 0.0455. The van der Waals surface area contributed by atoms with Gasteiger partial charge in [0.15, 0.2) is 0 Å². The van der Waals surface area contributed by atoms with Crippen molar-refractivity contribution in [3.63, 3.8) is 0 Å². The van der Waals surface area contributed by atoms with Gasteiger partial charge in [-0.25, -0.2) is 4.79 Å². The van der Waals surface area contributed by atoms with E-state index in [0.29, 0.717) is 6.54 Å². The number of carbonyl (C=O) groups excluding carboxylic acids is 2. The summed E-state index contributed by atoms with van der Waals surface area (Å²) in [7, 11) is 0. The summed E-state index contributed by atoms with van der Waals surface area (Å²) in [6, 6.07) is 6.13. The number of anilines is 1. The Bertz CT molecular complexity index is 1000. The number of aryl methyl sites for hydroxylation is 1. The van der Waals surface area contributed by atoms with Gasteiger partial charge >= 0.3 is 18.4 Å². The molecule has 1 aromatic rings. The minimum atomic E-state index is -5.74. The van der Waals surface area contributed by atoms with E-state index in [2.05, 4.69) is 15.7 Å². The van der Waals surface area contributed by atoms with Gasteiger partial charge in [-0.2, -0.15) is 26.3 Å². The van der Waals surface area contributed by atoms with Crippen LogP contribution in [0.25, 0.3) is 0 Å². The zero-order valence-corrected chi connectivity index (χ0v) is 20.7. The van der Waals surface area contributed by atoms with E-state index >= 15 is 0 Å². The SMILES string of the molecule is CC(=O)N1CC2(CCN(c3cc(C)ccc3CN3CCN(C(=O)OC(C(F)(F)F)C(F)(F)F)CC3)C2)C1. The number of amides is 2. The molecule has 1 aromatic carbocycles. The lowest BCUT2D eigenvalue weighted by Crippen LogP contribution is -2.59. The van der Waals surface area contributed by atoms with Crippen LogP contribution in [-0.4, -0.2) is 97.5 Å². The molecule has 3 aliphatic heterocycles. The number of halogens is 6.